The number of rotatable bonds is 5. The number of hydrogen-bond donors (Lipinski definition) is 1. The van der Waals surface area contributed by atoms with Crippen molar-refractivity contribution in [1.29, 1.82) is 0 Å². The Hall–Kier alpha value is -2.07. The number of nitrogens with zero attached hydrogens (tertiary/aromatic N) is 2. The van der Waals surface area contributed by atoms with Gasteiger partial charge in [0.2, 0.25) is 0 Å². The summed E-state index contributed by atoms with van der Waals surface area (Å²) >= 11 is 11.7. The first-order chi connectivity index (χ1) is 13.2. The molecule has 28 heavy (non-hydrogen) atoms. The Labute approximate surface area is 172 Å². The number of morpholine rings is 1. The molecule has 1 fully saturated rings. The van der Waals surface area contributed by atoms with Crippen LogP contribution in [0.15, 0.2) is 35.2 Å². The maximum Gasteiger partial charge on any atom is 0.289 e. The highest BCUT2D eigenvalue weighted by Gasteiger charge is 2.25. The van der Waals surface area contributed by atoms with Gasteiger partial charge in [-0.15, -0.1) is 0 Å². The number of nitrogens with one attached hydrogen (secondary N) is 1. The summed E-state index contributed by atoms with van der Waals surface area (Å²) in [7, 11) is -4.16. The molecule has 0 radical (unpaired) electrons. The minimum absolute atomic E-state index is 0.203. The first-order valence-corrected chi connectivity index (χ1v) is 10.5. The van der Waals surface area contributed by atoms with E-state index in [0.717, 1.165) is 30.9 Å². The number of ether oxygens (including phenoxy) is 1. The van der Waals surface area contributed by atoms with Crippen LogP contribution in [0.5, 0.6) is 0 Å². The summed E-state index contributed by atoms with van der Waals surface area (Å²) in [5, 5.41) is 10.6. The molecule has 2 aromatic carbocycles. The van der Waals surface area contributed by atoms with E-state index in [-0.39, 0.29) is 10.0 Å². The van der Waals surface area contributed by atoms with Crippen molar-refractivity contribution in [1.82, 2.24) is 0 Å². The lowest BCUT2D eigenvalue weighted by atomic mass is 10.1. The van der Waals surface area contributed by atoms with Crippen molar-refractivity contribution >= 4 is 50.3 Å². The van der Waals surface area contributed by atoms with Gasteiger partial charge in [0, 0.05) is 24.8 Å². The Morgan fingerprint density at radius 3 is 2.43 bits per heavy atom. The van der Waals surface area contributed by atoms with Gasteiger partial charge in [0.25, 0.3) is 15.7 Å². The molecule has 0 aromatic heterocycles. The molecule has 0 aliphatic carbocycles. The first-order valence-electron chi connectivity index (χ1n) is 8.28. The number of halogens is 2. The normalized spacial score (nSPS) is 14.8. The fourth-order valence-corrected chi connectivity index (χ4v) is 4.81. The molecule has 0 unspecified atom stereocenters. The summed E-state index contributed by atoms with van der Waals surface area (Å²) in [4.78, 5) is 12.0. The Kier molecular flexibility index (Phi) is 5.99. The van der Waals surface area contributed by atoms with Gasteiger partial charge in [-0.25, -0.2) is 8.42 Å². The fourth-order valence-electron chi connectivity index (χ4n) is 2.84. The summed E-state index contributed by atoms with van der Waals surface area (Å²) in [6.45, 7) is 4.57. The molecule has 1 N–H and O–H groups in total. The lowest BCUT2D eigenvalue weighted by Crippen LogP contribution is -2.36. The van der Waals surface area contributed by atoms with E-state index >= 15 is 0 Å². The van der Waals surface area contributed by atoms with E-state index in [9.17, 15) is 18.5 Å². The minimum atomic E-state index is -4.16. The lowest BCUT2D eigenvalue weighted by molar-refractivity contribution is -0.384. The molecule has 1 aliphatic rings. The SMILES string of the molecule is Cc1cc(N2CCOCC2)ccc1NS(=O)(=O)c1cc([N+](=O)[O-])c(Cl)cc1Cl. The molecular formula is C17H17Cl2N3O5S. The topological polar surface area (TPSA) is 102 Å². The highest BCUT2D eigenvalue weighted by atomic mass is 35.5. The number of nitro benzene ring substituents is 1. The van der Waals surface area contributed by atoms with E-state index in [1.54, 1.807) is 13.0 Å². The molecule has 2 aromatic rings. The van der Waals surface area contributed by atoms with E-state index in [1.807, 2.05) is 12.1 Å². The van der Waals surface area contributed by atoms with Crippen molar-refractivity contribution in [3.8, 4) is 0 Å². The zero-order valence-corrected chi connectivity index (χ0v) is 17.1. The zero-order chi connectivity index (χ0) is 20.5. The molecule has 3 rings (SSSR count). The molecule has 11 heteroatoms. The van der Waals surface area contributed by atoms with E-state index in [0.29, 0.717) is 24.5 Å². The van der Waals surface area contributed by atoms with Crippen LogP contribution in [0.25, 0.3) is 0 Å². The largest absolute Gasteiger partial charge is 0.378 e. The Bertz CT molecular complexity index is 1020. The van der Waals surface area contributed by atoms with Gasteiger partial charge in [-0.1, -0.05) is 23.2 Å². The molecule has 1 saturated heterocycles. The molecule has 0 spiro atoms. The predicted octanol–water partition coefficient (Wildman–Crippen LogP) is 3.85. The highest BCUT2D eigenvalue weighted by Crippen LogP contribution is 2.34. The number of hydrogen-bond acceptors (Lipinski definition) is 6. The highest BCUT2D eigenvalue weighted by molar-refractivity contribution is 7.92. The van der Waals surface area contributed by atoms with E-state index in [2.05, 4.69) is 9.62 Å². The van der Waals surface area contributed by atoms with Crippen LogP contribution >= 0.6 is 23.2 Å². The van der Waals surface area contributed by atoms with Crippen molar-refractivity contribution in [2.45, 2.75) is 11.8 Å². The minimum Gasteiger partial charge on any atom is -0.378 e. The molecular weight excluding hydrogens is 429 g/mol. The van der Waals surface area contributed by atoms with E-state index < -0.39 is 25.5 Å². The standard InChI is InChI=1S/C17H17Cl2N3O5S/c1-11-8-12(21-4-6-27-7-5-21)2-3-15(11)20-28(25,26)17-10-16(22(23)24)13(18)9-14(17)19/h2-3,8-10,20H,4-7H2,1H3. The maximum absolute atomic E-state index is 12.8. The van der Waals surface area contributed by atoms with Crippen LogP contribution in [0.3, 0.4) is 0 Å². The molecule has 8 nitrogen and oxygen atoms in total. The second-order valence-electron chi connectivity index (χ2n) is 6.20. The molecule has 0 amide bonds. The number of nitro groups is 1. The van der Waals surface area contributed by atoms with E-state index in [1.165, 1.54) is 0 Å². The monoisotopic (exact) mass is 445 g/mol. The third-order valence-electron chi connectivity index (χ3n) is 4.32. The van der Waals surface area contributed by atoms with Gasteiger partial charge in [-0.3, -0.25) is 14.8 Å². The number of anilines is 2. The first kappa shape index (κ1) is 20.7. The van der Waals surface area contributed by atoms with Crippen molar-refractivity contribution < 1.29 is 18.1 Å². The maximum atomic E-state index is 12.8. The molecule has 0 atom stereocenters. The quantitative estimate of drug-likeness (QED) is 0.553. The van der Waals surface area contributed by atoms with Crippen LogP contribution in [0.4, 0.5) is 17.1 Å². The average molecular weight is 446 g/mol. The van der Waals surface area contributed by atoms with Crippen molar-refractivity contribution in [3.05, 3.63) is 56.1 Å². The van der Waals surface area contributed by atoms with Gasteiger partial charge < -0.3 is 9.64 Å². The molecule has 0 bridgehead atoms. The zero-order valence-electron chi connectivity index (χ0n) is 14.8. The van der Waals surface area contributed by atoms with Crippen molar-refractivity contribution in [3.63, 3.8) is 0 Å². The predicted molar refractivity (Wildman–Crippen MR) is 108 cm³/mol. The summed E-state index contributed by atoms with van der Waals surface area (Å²) in [6, 6.07) is 7.22. The second-order valence-corrected chi connectivity index (χ2v) is 8.66. The molecule has 150 valence electrons. The van der Waals surface area contributed by atoms with Crippen LogP contribution in [0.1, 0.15) is 5.56 Å². The fraction of sp³-hybridized carbons (Fsp3) is 0.294. The van der Waals surface area contributed by atoms with Crippen molar-refractivity contribution in [2.75, 3.05) is 35.9 Å². The Morgan fingerprint density at radius 1 is 1.14 bits per heavy atom. The molecule has 0 saturated carbocycles. The third-order valence-corrected chi connectivity index (χ3v) is 6.45. The van der Waals surface area contributed by atoms with Gasteiger partial charge in [0.05, 0.1) is 28.8 Å². The third kappa shape index (κ3) is 4.33. The van der Waals surface area contributed by atoms with Gasteiger partial charge in [0.1, 0.15) is 9.92 Å². The van der Waals surface area contributed by atoms with Crippen LogP contribution in [-0.4, -0.2) is 39.6 Å². The van der Waals surface area contributed by atoms with Gasteiger partial charge >= 0.3 is 0 Å². The second kappa shape index (κ2) is 8.12. The molecule has 1 aliphatic heterocycles. The Morgan fingerprint density at radius 2 is 1.82 bits per heavy atom. The van der Waals surface area contributed by atoms with E-state index in [4.69, 9.17) is 27.9 Å². The van der Waals surface area contributed by atoms with Crippen LogP contribution in [0.2, 0.25) is 10.0 Å². The average Bonchev–Trinajstić information content (AvgIpc) is 2.63. The summed E-state index contributed by atoms with van der Waals surface area (Å²) < 4.78 is 33.3. The van der Waals surface area contributed by atoms with Gasteiger partial charge in [-0.05, 0) is 36.8 Å². The molecule has 1 heterocycles. The lowest BCUT2D eigenvalue weighted by Gasteiger charge is -2.29. The van der Waals surface area contributed by atoms with Crippen LogP contribution in [-0.2, 0) is 14.8 Å². The Balaban J connectivity index is 1.90. The smallest absolute Gasteiger partial charge is 0.289 e. The number of sulfonamides is 1. The van der Waals surface area contributed by atoms with Crippen LogP contribution in [0, 0.1) is 17.0 Å². The summed E-state index contributed by atoms with van der Waals surface area (Å²) in [5.41, 5.74) is 1.48. The number of aryl methyl sites for hydroxylation is 1. The van der Waals surface area contributed by atoms with Gasteiger partial charge in [0.15, 0.2) is 0 Å². The summed E-state index contributed by atoms with van der Waals surface area (Å²) in [6.07, 6.45) is 0. The van der Waals surface area contributed by atoms with Crippen LogP contribution < -0.4 is 9.62 Å². The van der Waals surface area contributed by atoms with Gasteiger partial charge in [-0.2, -0.15) is 0 Å². The van der Waals surface area contributed by atoms with Crippen molar-refractivity contribution in [2.24, 2.45) is 0 Å². The summed E-state index contributed by atoms with van der Waals surface area (Å²) in [5.74, 6) is 0. The number of benzene rings is 2.